The third-order valence-corrected chi connectivity index (χ3v) is 4.34. The Morgan fingerprint density at radius 1 is 1.00 bits per heavy atom. The first-order chi connectivity index (χ1) is 8.76. The van der Waals surface area contributed by atoms with Gasteiger partial charge in [-0.2, -0.15) is 0 Å². The van der Waals surface area contributed by atoms with Gasteiger partial charge in [0.25, 0.3) is 0 Å². The molecule has 2 aromatic carbocycles. The first-order valence-electron chi connectivity index (χ1n) is 6.44. The van der Waals surface area contributed by atoms with Gasteiger partial charge in [0.05, 0.1) is 11.4 Å². The van der Waals surface area contributed by atoms with Crippen LogP contribution in [0.15, 0.2) is 46.2 Å². The summed E-state index contributed by atoms with van der Waals surface area (Å²) in [5.74, 6) is 0. The van der Waals surface area contributed by atoms with Crippen LogP contribution in [0.4, 0.5) is 11.4 Å². The van der Waals surface area contributed by atoms with Crippen molar-refractivity contribution < 1.29 is 0 Å². The van der Waals surface area contributed by atoms with Gasteiger partial charge < -0.3 is 5.32 Å². The Labute approximate surface area is 113 Å². The second-order valence-corrected chi connectivity index (χ2v) is 5.89. The van der Waals surface area contributed by atoms with E-state index in [-0.39, 0.29) is 0 Å². The molecule has 0 radical (unpaired) electrons. The van der Waals surface area contributed by atoms with Gasteiger partial charge in [0.15, 0.2) is 0 Å². The van der Waals surface area contributed by atoms with Crippen molar-refractivity contribution in [1.82, 2.24) is 0 Å². The van der Waals surface area contributed by atoms with Gasteiger partial charge in [-0.25, -0.2) is 0 Å². The number of fused-ring (bicyclic) bond motifs is 2. The normalized spacial score (nSPS) is 12.6. The molecule has 0 aromatic heterocycles. The molecule has 1 aliphatic rings. The summed E-state index contributed by atoms with van der Waals surface area (Å²) < 4.78 is 0. The minimum Gasteiger partial charge on any atom is -0.354 e. The van der Waals surface area contributed by atoms with Crippen LogP contribution in [0.5, 0.6) is 0 Å². The maximum atomic E-state index is 3.55. The van der Waals surface area contributed by atoms with Gasteiger partial charge in [0, 0.05) is 9.79 Å². The number of hydrogen-bond donors (Lipinski definition) is 1. The van der Waals surface area contributed by atoms with Crippen LogP contribution >= 0.6 is 11.8 Å². The fourth-order valence-electron chi connectivity index (χ4n) is 2.29. The Morgan fingerprint density at radius 2 is 1.89 bits per heavy atom. The molecule has 0 bridgehead atoms. The Bertz CT molecular complexity index is 590. The summed E-state index contributed by atoms with van der Waals surface area (Å²) in [6, 6.07) is 13.4. The lowest BCUT2D eigenvalue weighted by Crippen LogP contribution is -2.00. The number of nitrogens with one attached hydrogen (secondary N) is 1. The number of benzene rings is 2. The van der Waals surface area contributed by atoms with E-state index in [0.717, 1.165) is 6.42 Å². The largest absolute Gasteiger partial charge is 0.354 e. The minimum atomic E-state index is 1.15. The molecule has 92 valence electrons. The molecule has 2 aromatic rings. The Kier molecular flexibility index (Phi) is 3.04. The number of hydrogen-bond acceptors (Lipinski definition) is 2. The fourth-order valence-corrected chi connectivity index (χ4v) is 3.36. The molecule has 0 saturated heterocycles. The molecular formula is C16H17NS. The average molecular weight is 255 g/mol. The Balaban J connectivity index is 1.97. The molecule has 1 nitrogen and oxygen atoms in total. The van der Waals surface area contributed by atoms with Crippen molar-refractivity contribution >= 4 is 23.1 Å². The molecule has 0 spiro atoms. The topological polar surface area (TPSA) is 12.0 Å². The predicted octanol–water partition coefficient (Wildman–Crippen LogP) is 5.16. The third-order valence-electron chi connectivity index (χ3n) is 3.21. The van der Waals surface area contributed by atoms with Crippen LogP contribution in [0.25, 0.3) is 0 Å². The van der Waals surface area contributed by atoms with E-state index in [0.29, 0.717) is 0 Å². The van der Waals surface area contributed by atoms with Gasteiger partial charge in [0.1, 0.15) is 0 Å². The monoisotopic (exact) mass is 255 g/mol. The maximum absolute atomic E-state index is 3.55. The van der Waals surface area contributed by atoms with E-state index in [4.69, 9.17) is 0 Å². The lowest BCUT2D eigenvalue weighted by Gasteiger charge is -2.21. The highest BCUT2D eigenvalue weighted by Gasteiger charge is 2.15. The first-order valence-corrected chi connectivity index (χ1v) is 7.26. The number of anilines is 2. The van der Waals surface area contributed by atoms with E-state index in [2.05, 4.69) is 55.6 Å². The van der Waals surface area contributed by atoms with Crippen molar-refractivity contribution in [2.75, 3.05) is 5.32 Å². The molecule has 0 aliphatic carbocycles. The molecule has 1 N–H and O–H groups in total. The Hall–Kier alpha value is -1.41. The van der Waals surface area contributed by atoms with Crippen LogP contribution in [0.3, 0.4) is 0 Å². The lowest BCUT2D eigenvalue weighted by molar-refractivity contribution is 0.920. The van der Waals surface area contributed by atoms with Gasteiger partial charge in [-0.3, -0.25) is 0 Å². The summed E-state index contributed by atoms with van der Waals surface area (Å²) in [4.78, 5) is 2.65. The molecule has 0 unspecified atom stereocenters. The molecule has 2 heteroatoms. The highest BCUT2D eigenvalue weighted by molar-refractivity contribution is 7.99. The summed E-state index contributed by atoms with van der Waals surface area (Å²) in [7, 11) is 0. The summed E-state index contributed by atoms with van der Waals surface area (Å²) in [5.41, 5.74) is 5.21. The quantitative estimate of drug-likeness (QED) is 0.679. The smallest absolute Gasteiger partial charge is 0.0529 e. The first kappa shape index (κ1) is 11.7. The molecule has 1 heterocycles. The molecule has 0 atom stereocenters. The zero-order chi connectivity index (χ0) is 12.5. The van der Waals surface area contributed by atoms with Gasteiger partial charge in [0.2, 0.25) is 0 Å². The Morgan fingerprint density at radius 3 is 2.72 bits per heavy atom. The zero-order valence-corrected chi connectivity index (χ0v) is 11.6. The van der Waals surface area contributed by atoms with E-state index in [1.807, 2.05) is 11.8 Å². The van der Waals surface area contributed by atoms with Crippen molar-refractivity contribution in [3.8, 4) is 0 Å². The van der Waals surface area contributed by atoms with Gasteiger partial charge >= 0.3 is 0 Å². The van der Waals surface area contributed by atoms with Crippen LogP contribution in [0.2, 0.25) is 0 Å². The molecule has 1 aliphatic heterocycles. The van der Waals surface area contributed by atoms with Crippen LogP contribution in [0, 0.1) is 6.92 Å². The van der Waals surface area contributed by atoms with Crippen molar-refractivity contribution in [2.24, 2.45) is 0 Å². The number of rotatable bonds is 2. The van der Waals surface area contributed by atoms with E-state index in [1.54, 1.807) is 0 Å². The van der Waals surface area contributed by atoms with Crippen molar-refractivity contribution in [2.45, 2.75) is 36.5 Å². The highest BCUT2D eigenvalue weighted by Crippen LogP contribution is 2.44. The second kappa shape index (κ2) is 4.69. The molecule has 0 saturated carbocycles. The standard InChI is InChI=1S/C16H17NS/c1-3-4-12-6-8-15-14(10-12)17-13-7-5-11(2)9-16(13)18-15/h5-10,17H,3-4H2,1-2H3. The van der Waals surface area contributed by atoms with Crippen LogP contribution in [0.1, 0.15) is 24.5 Å². The summed E-state index contributed by atoms with van der Waals surface area (Å²) in [5, 5.41) is 3.55. The number of aryl methyl sites for hydroxylation is 2. The molecule has 18 heavy (non-hydrogen) atoms. The van der Waals surface area contributed by atoms with Gasteiger partial charge in [-0.05, 0) is 48.7 Å². The third kappa shape index (κ3) is 2.13. The summed E-state index contributed by atoms with van der Waals surface area (Å²) in [6.07, 6.45) is 2.35. The summed E-state index contributed by atoms with van der Waals surface area (Å²) in [6.45, 7) is 4.36. The molecule has 0 amide bonds. The van der Waals surface area contributed by atoms with Crippen LogP contribution in [-0.2, 0) is 6.42 Å². The zero-order valence-electron chi connectivity index (χ0n) is 10.8. The SMILES string of the molecule is CCCc1ccc2c(c1)Nc1ccc(C)cc1S2. The van der Waals surface area contributed by atoms with Gasteiger partial charge in [-0.15, -0.1) is 0 Å². The van der Waals surface area contributed by atoms with Crippen molar-refractivity contribution in [1.29, 1.82) is 0 Å². The second-order valence-electron chi connectivity index (χ2n) is 4.81. The van der Waals surface area contributed by atoms with Crippen LogP contribution < -0.4 is 5.32 Å². The van der Waals surface area contributed by atoms with Crippen molar-refractivity contribution in [3.63, 3.8) is 0 Å². The lowest BCUT2D eigenvalue weighted by atomic mass is 10.1. The minimum absolute atomic E-state index is 1.15. The van der Waals surface area contributed by atoms with E-state index >= 15 is 0 Å². The highest BCUT2D eigenvalue weighted by atomic mass is 32.2. The molecule has 3 rings (SSSR count). The van der Waals surface area contributed by atoms with Crippen molar-refractivity contribution in [3.05, 3.63) is 47.5 Å². The van der Waals surface area contributed by atoms with E-state index in [9.17, 15) is 0 Å². The molecule has 0 fully saturated rings. The fraction of sp³-hybridized carbons (Fsp3) is 0.250. The maximum Gasteiger partial charge on any atom is 0.0529 e. The van der Waals surface area contributed by atoms with Gasteiger partial charge in [-0.1, -0.05) is 37.2 Å². The van der Waals surface area contributed by atoms with Crippen LogP contribution in [-0.4, -0.2) is 0 Å². The average Bonchev–Trinajstić information content (AvgIpc) is 2.37. The van der Waals surface area contributed by atoms with E-state index in [1.165, 1.54) is 38.7 Å². The predicted molar refractivity (Wildman–Crippen MR) is 79.0 cm³/mol. The summed E-state index contributed by atoms with van der Waals surface area (Å²) >= 11 is 1.86. The molecular weight excluding hydrogens is 238 g/mol. The van der Waals surface area contributed by atoms with E-state index < -0.39 is 0 Å².